The molecule has 0 aromatic heterocycles. The molecular weight excluding hydrogens is 244 g/mol. The van der Waals surface area contributed by atoms with Gasteiger partial charge in [-0.15, -0.1) is 0 Å². The first kappa shape index (κ1) is 16.4. The summed E-state index contributed by atoms with van der Waals surface area (Å²) in [5, 5.41) is 2.92. The Hall–Kier alpha value is -0.650. The van der Waals surface area contributed by atoms with E-state index >= 15 is 0 Å². The summed E-state index contributed by atoms with van der Waals surface area (Å²) in [6.45, 7) is 5.28. The molecule has 3 N–H and O–H groups in total. The van der Waals surface area contributed by atoms with Crippen molar-refractivity contribution in [2.45, 2.75) is 45.1 Å². The lowest BCUT2D eigenvalue weighted by atomic mass is 9.94. The molecule has 0 aromatic carbocycles. The maximum absolute atomic E-state index is 11.8. The third-order valence-corrected chi connectivity index (χ3v) is 3.46. The number of amides is 1. The monoisotopic (exact) mass is 272 g/mol. The van der Waals surface area contributed by atoms with E-state index in [0.29, 0.717) is 45.2 Å². The molecule has 0 spiro atoms. The molecule has 0 aliphatic carbocycles. The Morgan fingerprint density at radius 3 is 2.84 bits per heavy atom. The molecule has 1 fully saturated rings. The van der Waals surface area contributed by atoms with E-state index in [0.717, 1.165) is 25.7 Å². The van der Waals surface area contributed by atoms with E-state index in [1.165, 1.54) is 0 Å². The summed E-state index contributed by atoms with van der Waals surface area (Å²) in [4.78, 5) is 11.8. The van der Waals surface area contributed by atoms with Crippen molar-refractivity contribution in [3.8, 4) is 0 Å². The Labute approximate surface area is 116 Å². The van der Waals surface area contributed by atoms with Crippen molar-refractivity contribution < 1.29 is 14.3 Å². The number of carbonyl (C=O) groups excluding carboxylic acids is 1. The van der Waals surface area contributed by atoms with Crippen LogP contribution in [0.2, 0.25) is 0 Å². The van der Waals surface area contributed by atoms with Gasteiger partial charge in [-0.1, -0.05) is 19.8 Å². The normalized spacial score (nSPS) is 21.1. The highest BCUT2D eigenvalue weighted by Gasteiger charge is 2.15. The van der Waals surface area contributed by atoms with Gasteiger partial charge in [0.05, 0.1) is 25.9 Å². The molecule has 1 saturated heterocycles. The van der Waals surface area contributed by atoms with Crippen molar-refractivity contribution in [2.24, 2.45) is 11.7 Å². The van der Waals surface area contributed by atoms with Crippen LogP contribution in [0.4, 0.5) is 0 Å². The van der Waals surface area contributed by atoms with E-state index in [1.807, 2.05) is 0 Å². The molecule has 0 radical (unpaired) electrons. The van der Waals surface area contributed by atoms with Gasteiger partial charge in [0.1, 0.15) is 0 Å². The molecule has 1 rings (SSSR count). The first-order chi connectivity index (χ1) is 9.26. The zero-order valence-corrected chi connectivity index (χ0v) is 12.0. The number of carbonyl (C=O) groups is 1. The first-order valence-corrected chi connectivity index (χ1v) is 7.42. The van der Waals surface area contributed by atoms with E-state index in [2.05, 4.69) is 12.2 Å². The predicted molar refractivity (Wildman–Crippen MR) is 74.9 cm³/mol. The highest BCUT2D eigenvalue weighted by molar-refractivity contribution is 5.75. The molecule has 19 heavy (non-hydrogen) atoms. The van der Waals surface area contributed by atoms with Crippen LogP contribution < -0.4 is 11.1 Å². The minimum atomic E-state index is 0.00757. The standard InChI is InChI=1S/C14H28N2O3/c1-2-3-12(6-7-15)4-5-14(17)16-10-13-11-18-8-9-19-13/h12-13H,2-11,15H2,1H3,(H,16,17). The van der Waals surface area contributed by atoms with Gasteiger partial charge < -0.3 is 20.5 Å². The number of nitrogens with one attached hydrogen (secondary N) is 1. The van der Waals surface area contributed by atoms with Crippen molar-refractivity contribution in [1.29, 1.82) is 0 Å². The van der Waals surface area contributed by atoms with Crippen molar-refractivity contribution in [2.75, 3.05) is 32.9 Å². The van der Waals surface area contributed by atoms with Gasteiger partial charge in [0.25, 0.3) is 0 Å². The third kappa shape index (κ3) is 7.50. The summed E-state index contributed by atoms with van der Waals surface area (Å²) in [5.41, 5.74) is 5.59. The van der Waals surface area contributed by atoms with E-state index < -0.39 is 0 Å². The smallest absolute Gasteiger partial charge is 0.220 e. The Kier molecular flexibility index (Phi) is 8.79. The molecule has 2 unspecified atom stereocenters. The van der Waals surface area contributed by atoms with Crippen LogP contribution in [0.5, 0.6) is 0 Å². The second-order valence-corrected chi connectivity index (χ2v) is 5.14. The number of rotatable bonds is 9. The van der Waals surface area contributed by atoms with Gasteiger partial charge in [-0.25, -0.2) is 0 Å². The van der Waals surface area contributed by atoms with Crippen LogP contribution in [-0.4, -0.2) is 44.9 Å². The largest absolute Gasteiger partial charge is 0.376 e. The lowest BCUT2D eigenvalue weighted by molar-refractivity contribution is -0.124. The molecule has 1 aliphatic heterocycles. The molecular formula is C14H28N2O3. The number of hydrogen-bond acceptors (Lipinski definition) is 4. The Morgan fingerprint density at radius 2 is 2.21 bits per heavy atom. The number of hydrogen-bond donors (Lipinski definition) is 2. The highest BCUT2D eigenvalue weighted by Crippen LogP contribution is 2.16. The van der Waals surface area contributed by atoms with Gasteiger partial charge in [0.2, 0.25) is 5.91 Å². The minimum absolute atomic E-state index is 0.00757. The van der Waals surface area contributed by atoms with E-state index in [1.54, 1.807) is 0 Å². The fourth-order valence-corrected chi connectivity index (χ4v) is 2.38. The summed E-state index contributed by atoms with van der Waals surface area (Å²) in [7, 11) is 0. The second kappa shape index (κ2) is 10.2. The summed E-state index contributed by atoms with van der Waals surface area (Å²) in [5.74, 6) is 0.683. The molecule has 112 valence electrons. The van der Waals surface area contributed by atoms with Crippen LogP contribution in [0.1, 0.15) is 39.0 Å². The van der Waals surface area contributed by atoms with Crippen molar-refractivity contribution in [3.05, 3.63) is 0 Å². The van der Waals surface area contributed by atoms with Gasteiger partial charge in [-0.05, 0) is 25.3 Å². The Morgan fingerprint density at radius 1 is 1.37 bits per heavy atom. The Bertz CT molecular complexity index is 237. The number of nitrogens with two attached hydrogens (primary N) is 1. The maximum atomic E-state index is 11.8. The average Bonchev–Trinajstić information content (AvgIpc) is 2.44. The Balaban J connectivity index is 2.11. The molecule has 0 saturated carbocycles. The summed E-state index contributed by atoms with van der Waals surface area (Å²) >= 11 is 0. The molecule has 0 aromatic rings. The second-order valence-electron chi connectivity index (χ2n) is 5.14. The number of ether oxygens (including phenoxy) is 2. The van der Waals surface area contributed by atoms with Crippen LogP contribution in [0.15, 0.2) is 0 Å². The molecule has 1 amide bonds. The van der Waals surface area contributed by atoms with Crippen molar-refractivity contribution in [1.82, 2.24) is 5.32 Å². The fourth-order valence-electron chi connectivity index (χ4n) is 2.38. The van der Waals surface area contributed by atoms with Gasteiger partial charge in [-0.2, -0.15) is 0 Å². The molecule has 0 bridgehead atoms. The summed E-state index contributed by atoms with van der Waals surface area (Å²) in [6, 6.07) is 0. The lowest BCUT2D eigenvalue weighted by Gasteiger charge is -2.23. The first-order valence-electron chi connectivity index (χ1n) is 7.42. The van der Waals surface area contributed by atoms with Gasteiger partial charge >= 0.3 is 0 Å². The predicted octanol–water partition coefficient (Wildman–Crippen LogP) is 1.06. The summed E-state index contributed by atoms with van der Waals surface area (Å²) in [6.07, 6.45) is 4.84. The summed E-state index contributed by atoms with van der Waals surface area (Å²) < 4.78 is 10.8. The molecule has 5 nitrogen and oxygen atoms in total. The molecule has 5 heteroatoms. The van der Waals surface area contributed by atoms with E-state index in [-0.39, 0.29) is 12.0 Å². The minimum Gasteiger partial charge on any atom is -0.376 e. The SMILES string of the molecule is CCCC(CCN)CCC(=O)NCC1COCCO1. The van der Waals surface area contributed by atoms with Crippen LogP contribution in [0, 0.1) is 5.92 Å². The molecule has 2 atom stereocenters. The third-order valence-electron chi connectivity index (χ3n) is 3.46. The zero-order chi connectivity index (χ0) is 13.9. The van der Waals surface area contributed by atoms with Crippen molar-refractivity contribution in [3.63, 3.8) is 0 Å². The van der Waals surface area contributed by atoms with Crippen LogP contribution >= 0.6 is 0 Å². The molecule has 1 heterocycles. The van der Waals surface area contributed by atoms with Crippen molar-refractivity contribution >= 4 is 5.91 Å². The quantitative estimate of drug-likeness (QED) is 0.658. The van der Waals surface area contributed by atoms with Crippen LogP contribution in [0.25, 0.3) is 0 Å². The van der Waals surface area contributed by atoms with Crippen LogP contribution in [-0.2, 0) is 14.3 Å². The maximum Gasteiger partial charge on any atom is 0.220 e. The topological polar surface area (TPSA) is 73.6 Å². The zero-order valence-electron chi connectivity index (χ0n) is 12.0. The lowest BCUT2D eigenvalue weighted by Crippen LogP contribution is -2.39. The van der Waals surface area contributed by atoms with Crippen LogP contribution in [0.3, 0.4) is 0 Å². The molecule has 1 aliphatic rings. The van der Waals surface area contributed by atoms with Gasteiger partial charge in [0, 0.05) is 13.0 Å². The average molecular weight is 272 g/mol. The van der Waals surface area contributed by atoms with E-state index in [9.17, 15) is 4.79 Å². The van der Waals surface area contributed by atoms with Gasteiger partial charge in [0.15, 0.2) is 0 Å². The van der Waals surface area contributed by atoms with E-state index in [4.69, 9.17) is 15.2 Å². The fraction of sp³-hybridized carbons (Fsp3) is 0.929. The highest BCUT2D eigenvalue weighted by atomic mass is 16.6. The van der Waals surface area contributed by atoms with Gasteiger partial charge in [-0.3, -0.25) is 4.79 Å².